The van der Waals surface area contributed by atoms with Crippen molar-refractivity contribution in [3.63, 3.8) is 0 Å². The van der Waals surface area contributed by atoms with E-state index in [1.807, 2.05) is 5.43 Å². The summed E-state index contributed by atoms with van der Waals surface area (Å²) in [5.74, 6) is 4.73. The van der Waals surface area contributed by atoms with Gasteiger partial charge in [0, 0.05) is 5.92 Å². The molecule has 0 aliphatic carbocycles. The van der Waals surface area contributed by atoms with Crippen LogP contribution in [0.25, 0.3) is 0 Å². The first-order valence-corrected chi connectivity index (χ1v) is 5.00. The quantitative estimate of drug-likeness (QED) is 0.235. The Morgan fingerprint density at radius 3 is 2.47 bits per heavy atom. The van der Waals surface area contributed by atoms with Gasteiger partial charge in [-0.2, -0.15) is 0 Å². The summed E-state index contributed by atoms with van der Waals surface area (Å²) in [7, 11) is 1.57. The zero-order valence-corrected chi connectivity index (χ0v) is 9.68. The molecular formula is C11H15N3O3. The zero-order chi connectivity index (χ0) is 12.8. The Hall–Kier alpha value is -2.08. The topological polar surface area (TPSA) is 96.9 Å². The number of nitrogens with zero attached hydrogens (tertiary/aromatic N) is 1. The first-order valence-electron chi connectivity index (χ1n) is 5.00. The van der Waals surface area contributed by atoms with Crippen molar-refractivity contribution in [2.24, 2.45) is 11.0 Å². The summed E-state index contributed by atoms with van der Waals surface area (Å²) in [6.45, 7) is 1.74. The maximum absolute atomic E-state index is 11.3. The molecule has 17 heavy (non-hydrogen) atoms. The van der Waals surface area contributed by atoms with Crippen LogP contribution in [0.15, 0.2) is 29.4 Å². The minimum atomic E-state index is -0.615. The zero-order valence-electron chi connectivity index (χ0n) is 9.68. The van der Waals surface area contributed by atoms with Crippen molar-refractivity contribution in [1.82, 2.24) is 5.43 Å². The first-order chi connectivity index (χ1) is 8.13. The van der Waals surface area contributed by atoms with E-state index in [9.17, 15) is 4.79 Å². The van der Waals surface area contributed by atoms with E-state index < -0.39 is 5.91 Å². The van der Waals surface area contributed by atoms with Gasteiger partial charge in [-0.1, -0.05) is 24.2 Å². The molecule has 1 aromatic carbocycles. The molecule has 0 radical (unpaired) electrons. The van der Waals surface area contributed by atoms with Gasteiger partial charge >= 0.3 is 0 Å². The van der Waals surface area contributed by atoms with Crippen LogP contribution in [-0.2, 0) is 4.79 Å². The summed E-state index contributed by atoms with van der Waals surface area (Å²) >= 11 is 0. The highest BCUT2D eigenvalue weighted by molar-refractivity contribution is 6.40. The molecule has 0 bridgehead atoms. The fourth-order valence-corrected chi connectivity index (χ4v) is 1.45. The highest BCUT2D eigenvalue weighted by atomic mass is 16.5. The summed E-state index contributed by atoms with van der Waals surface area (Å²) in [4.78, 5) is 11.3. The standard InChI is InChI=1S/C11H15N3O3/c1-7(10(14-16)11(15)13-12)8-3-5-9(17-2)6-4-8/h3-7,16H,12H2,1-2H3,(H,13,15)/b14-10-. The number of rotatable bonds is 4. The number of nitrogens with two attached hydrogens (primary N) is 1. The van der Waals surface area contributed by atoms with Crippen molar-refractivity contribution in [2.75, 3.05) is 7.11 Å². The van der Waals surface area contributed by atoms with Gasteiger partial charge in [0.25, 0.3) is 5.91 Å². The number of hydrogen-bond donors (Lipinski definition) is 3. The minimum Gasteiger partial charge on any atom is -0.497 e. The van der Waals surface area contributed by atoms with E-state index in [2.05, 4.69) is 5.16 Å². The monoisotopic (exact) mass is 237 g/mol. The van der Waals surface area contributed by atoms with E-state index in [1.54, 1.807) is 38.3 Å². The first kappa shape index (κ1) is 13.0. The number of carbonyl (C=O) groups excluding carboxylic acids is 1. The molecule has 6 nitrogen and oxygen atoms in total. The van der Waals surface area contributed by atoms with Crippen LogP contribution in [0.4, 0.5) is 0 Å². The van der Waals surface area contributed by atoms with Crippen LogP contribution in [0.3, 0.4) is 0 Å². The van der Waals surface area contributed by atoms with Gasteiger partial charge in [0.1, 0.15) is 5.75 Å². The molecule has 0 saturated carbocycles. The number of hydrazine groups is 1. The molecule has 1 aromatic rings. The molecule has 1 unspecified atom stereocenters. The average Bonchev–Trinajstić information content (AvgIpc) is 2.39. The normalized spacial score (nSPS) is 13.0. The largest absolute Gasteiger partial charge is 0.497 e. The molecule has 0 saturated heterocycles. The van der Waals surface area contributed by atoms with E-state index in [-0.39, 0.29) is 11.6 Å². The van der Waals surface area contributed by atoms with E-state index in [4.69, 9.17) is 15.8 Å². The van der Waals surface area contributed by atoms with Crippen molar-refractivity contribution in [3.8, 4) is 5.75 Å². The molecule has 4 N–H and O–H groups in total. The minimum absolute atomic E-state index is 0.0438. The highest BCUT2D eigenvalue weighted by Gasteiger charge is 2.20. The molecule has 0 aliphatic heterocycles. The Kier molecular flexibility index (Phi) is 4.47. The van der Waals surface area contributed by atoms with Crippen LogP contribution in [0.1, 0.15) is 18.4 Å². The second-order valence-corrected chi connectivity index (χ2v) is 3.45. The highest BCUT2D eigenvalue weighted by Crippen LogP contribution is 2.20. The Balaban J connectivity index is 2.94. The van der Waals surface area contributed by atoms with Crippen LogP contribution in [0, 0.1) is 0 Å². The van der Waals surface area contributed by atoms with Gasteiger partial charge in [-0.15, -0.1) is 0 Å². The van der Waals surface area contributed by atoms with Crippen molar-refractivity contribution in [3.05, 3.63) is 29.8 Å². The number of nitrogens with one attached hydrogen (secondary N) is 1. The third kappa shape index (κ3) is 2.94. The molecule has 1 amide bonds. The Morgan fingerprint density at radius 2 is 2.06 bits per heavy atom. The van der Waals surface area contributed by atoms with Gasteiger partial charge in [0.15, 0.2) is 5.71 Å². The van der Waals surface area contributed by atoms with Crippen molar-refractivity contribution in [1.29, 1.82) is 0 Å². The molecule has 6 heteroatoms. The van der Waals surface area contributed by atoms with Crippen molar-refractivity contribution >= 4 is 11.6 Å². The lowest BCUT2D eigenvalue weighted by atomic mass is 9.95. The van der Waals surface area contributed by atoms with Gasteiger partial charge in [0.05, 0.1) is 7.11 Å². The molecule has 0 aliphatic rings. The van der Waals surface area contributed by atoms with Crippen LogP contribution in [0.2, 0.25) is 0 Å². The second-order valence-electron chi connectivity index (χ2n) is 3.45. The third-order valence-corrected chi connectivity index (χ3v) is 2.50. The lowest BCUT2D eigenvalue weighted by Gasteiger charge is -2.12. The second kappa shape index (κ2) is 5.86. The Labute approximate surface area is 99.0 Å². The number of methoxy groups -OCH3 is 1. The average molecular weight is 237 g/mol. The molecule has 0 aromatic heterocycles. The third-order valence-electron chi connectivity index (χ3n) is 2.50. The fourth-order valence-electron chi connectivity index (χ4n) is 1.45. The summed E-state index contributed by atoms with van der Waals surface area (Å²) < 4.78 is 5.03. The molecule has 0 heterocycles. The van der Waals surface area contributed by atoms with Crippen LogP contribution < -0.4 is 16.0 Å². The predicted octanol–water partition coefficient (Wildman–Crippen LogP) is 0.619. The van der Waals surface area contributed by atoms with E-state index >= 15 is 0 Å². The summed E-state index contributed by atoms with van der Waals surface area (Å²) in [5, 5.41) is 11.8. The number of oxime groups is 1. The SMILES string of the molecule is COc1ccc(C(C)/C(=N/O)C(=O)NN)cc1. The summed E-state index contributed by atoms with van der Waals surface area (Å²) in [6, 6.07) is 7.11. The molecule has 0 fully saturated rings. The van der Waals surface area contributed by atoms with Gasteiger partial charge in [-0.3, -0.25) is 10.2 Å². The van der Waals surface area contributed by atoms with E-state index in [1.165, 1.54) is 0 Å². The van der Waals surface area contributed by atoms with E-state index in [0.717, 1.165) is 5.56 Å². The van der Waals surface area contributed by atoms with Gasteiger partial charge in [-0.05, 0) is 17.7 Å². The van der Waals surface area contributed by atoms with Gasteiger partial charge in [0.2, 0.25) is 0 Å². The lowest BCUT2D eigenvalue weighted by molar-refractivity contribution is -0.115. The van der Waals surface area contributed by atoms with Gasteiger partial charge < -0.3 is 9.94 Å². The smallest absolute Gasteiger partial charge is 0.283 e. The number of hydrogen-bond acceptors (Lipinski definition) is 5. The maximum atomic E-state index is 11.3. The van der Waals surface area contributed by atoms with Crippen LogP contribution in [-0.4, -0.2) is 23.9 Å². The summed E-state index contributed by atoms with van der Waals surface area (Å²) in [5.41, 5.74) is 2.71. The fraction of sp³-hybridized carbons (Fsp3) is 0.273. The van der Waals surface area contributed by atoms with Gasteiger partial charge in [-0.25, -0.2) is 5.84 Å². The number of carbonyl (C=O) groups is 1. The maximum Gasteiger partial charge on any atom is 0.283 e. The molecule has 92 valence electrons. The molecule has 0 spiro atoms. The Bertz CT molecular complexity index is 414. The van der Waals surface area contributed by atoms with Crippen molar-refractivity contribution in [2.45, 2.75) is 12.8 Å². The van der Waals surface area contributed by atoms with Crippen LogP contribution in [0.5, 0.6) is 5.75 Å². The molecular weight excluding hydrogens is 222 g/mol. The number of ether oxygens (including phenoxy) is 1. The Morgan fingerprint density at radius 1 is 1.47 bits per heavy atom. The van der Waals surface area contributed by atoms with Crippen LogP contribution >= 0.6 is 0 Å². The predicted molar refractivity (Wildman–Crippen MR) is 63.0 cm³/mol. The van der Waals surface area contributed by atoms with E-state index in [0.29, 0.717) is 5.75 Å². The summed E-state index contributed by atoms with van der Waals surface area (Å²) in [6.07, 6.45) is 0. The lowest BCUT2D eigenvalue weighted by Crippen LogP contribution is -2.38. The molecule has 1 rings (SSSR count). The molecule has 1 atom stereocenters. The number of amides is 1. The van der Waals surface area contributed by atoms with Crippen molar-refractivity contribution < 1.29 is 14.7 Å². The number of benzene rings is 1.